The topological polar surface area (TPSA) is 67.4 Å². The highest BCUT2D eigenvalue weighted by Gasteiger charge is 2.11. The smallest absolute Gasteiger partial charge is 0.387 e. The van der Waals surface area contributed by atoms with Gasteiger partial charge in [0.15, 0.2) is 5.96 Å². The zero-order valence-electron chi connectivity index (χ0n) is 16.4. The Morgan fingerprint density at radius 3 is 2.63 bits per heavy atom. The molecule has 27 heavy (non-hydrogen) atoms. The maximum atomic E-state index is 12.6. The maximum Gasteiger partial charge on any atom is 0.387 e. The van der Waals surface area contributed by atoms with E-state index < -0.39 is 6.61 Å². The summed E-state index contributed by atoms with van der Waals surface area (Å²) in [7, 11) is 5.20. The molecule has 2 N–H and O–H groups in total. The van der Waals surface area contributed by atoms with Crippen LogP contribution in [0, 0.1) is 0 Å². The number of rotatable bonds is 12. The van der Waals surface area contributed by atoms with Gasteiger partial charge in [0.05, 0.1) is 20.3 Å². The molecule has 0 spiro atoms. The van der Waals surface area contributed by atoms with Gasteiger partial charge in [0.2, 0.25) is 0 Å². The summed E-state index contributed by atoms with van der Waals surface area (Å²) in [5.41, 5.74) is 0.518. The summed E-state index contributed by atoms with van der Waals surface area (Å²) in [6.07, 6.45) is 0. The fraction of sp³-hybridized carbons (Fsp3) is 0.611. The number of guanidine groups is 1. The minimum atomic E-state index is -2.89. The van der Waals surface area contributed by atoms with Crippen LogP contribution in [-0.2, 0) is 11.3 Å². The van der Waals surface area contributed by atoms with Crippen molar-refractivity contribution in [2.45, 2.75) is 20.1 Å². The third kappa shape index (κ3) is 9.39. The molecule has 0 aliphatic rings. The number of ether oxygens (including phenoxy) is 3. The number of methoxy groups -OCH3 is 2. The van der Waals surface area contributed by atoms with Gasteiger partial charge in [-0.3, -0.25) is 0 Å². The van der Waals surface area contributed by atoms with E-state index >= 15 is 0 Å². The maximum absolute atomic E-state index is 12.6. The number of hydrogen-bond donors (Lipinski definition) is 2. The van der Waals surface area contributed by atoms with Crippen molar-refractivity contribution in [1.29, 1.82) is 0 Å². The first kappa shape index (κ1) is 22.9. The second kappa shape index (κ2) is 13.1. The van der Waals surface area contributed by atoms with Crippen LogP contribution < -0.4 is 20.1 Å². The van der Waals surface area contributed by atoms with E-state index in [1.165, 1.54) is 13.2 Å². The minimum Gasteiger partial charge on any atom is -0.497 e. The molecule has 0 saturated carbocycles. The van der Waals surface area contributed by atoms with Crippen LogP contribution in [0.3, 0.4) is 0 Å². The predicted molar refractivity (Wildman–Crippen MR) is 102 cm³/mol. The van der Waals surface area contributed by atoms with E-state index in [0.29, 0.717) is 37.0 Å². The van der Waals surface area contributed by atoms with Crippen molar-refractivity contribution < 1.29 is 23.0 Å². The Bertz CT molecular complexity index is 574. The minimum absolute atomic E-state index is 0.0877. The quantitative estimate of drug-likeness (QED) is 0.421. The molecule has 0 atom stereocenters. The molecule has 0 bridgehead atoms. The van der Waals surface area contributed by atoms with E-state index in [1.54, 1.807) is 19.2 Å². The van der Waals surface area contributed by atoms with Crippen LogP contribution in [0.25, 0.3) is 0 Å². The van der Waals surface area contributed by atoms with Gasteiger partial charge in [0.25, 0.3) is 0 Å². The lowest BCUT2D eigenvalue weighted by Gasteiger charge is -2.18. The summed E-state index contributed by atoms with van der Waals surface area (Å²) in [5, 5.41) is 6.36. The zero-order chi connectivity index (χ0) is 20.1. The van der Waals surface area contributed by atoms with Crippen LogP contribution in [0.4, 0.5) is 8.78 Å². The number of likely N-dealkylation sites (N-methyl/N-ethyl adjacent to an activating group) is 1. The number of benzene rings is 1. The number of hydrogen-bond acceptors (Lipinski definition) is 5. The average molecular weight is 388 g/mol. The molecule has 0 radical (unpaired) electrons. The van der Waals surface area contributed by atoms with E-state index in [2.05, 4.69) is 25.3 Å². The average Bonchev–Trinajstić information content (AvgIpc) is 2.64. The van der Waals surface area contributed by atoms with E-state index in [1.807, 2.05) is 14.0 Å². The Hall–Kier alpha value is -2.13. The van der Waals surface area contributed by atoms with Crippen molar-refractivity contribution in [2.75, 3.05) is 54.1 Å². The number of alkyl halides is 2. The van der Waals surface area contributed by atoms with Crippen LogP contribution >= 0.6 is 0 Å². The lowest BCUT2D eigenvalue weighted by Crippen LogP contribution is -2.41. The Morgan fingerprint density at radius 1 is 1.22 bits per heavy atom. The SMILES string of the molecule is CCNC(=NCc1cc(OC)ccc1OC(F)F)NCCN(C)CCOC. The van der Waals surface area contributed by atoms with Crippen molar-refractivity contribution >= 4 is 5.96 Å². The molecule has 154 valence electrons. The Kier molecular flexibility index (Phi) is 11.1. The summed E-state index contributed by atoms with van der Waals surface area (Å²) >= 11 is 0. The first-order chi connectivity index (χ1) is 13.0. The Labute approximate surface area is 159 Å². The van der Waals surface area contributed by atoms with Crippen LogP contribution in [-0.4, -0.2) is 71.5 Å². The van der Waals surface area contributed by atoms with Gasteiger partial charge in [-0.2, -0.15) is 8.78 Å². The van der Waals surface area contributed by atoms with Gasteiger partial charge in [-0.1, -0.05) is 0 Å². The molecule has 0 fully saturated rings. The van der Waals surface area contributed by atoms with E-state index in [4.69, 9.17) is 9.47 Å². The monoisotopic (exact) mass is 388 g/mol. The lowest BCUT2D eigenvalue weighted by molar-refractivity contribution is -0.0504. The first-order valence-electron chi connectivity index (χ1n) is 8.81. The fourth-order valence-corrected chi connectivity index (χ4v) is 2.25. The Balaban J connectivity index is 2.73. The molecule has 7 nitrogen and oxygen atoms in total. The summed E-state index contributed by atoms with van der Waals surface area (Å²) in [6, 6.07) is 4.68. The molecular weight excluding hydrogens is 358 g/mol. The van der Waals surface area contributed by atoms with E-state index in [9.17, 15) is 8.78 Å². The second-order valence-electron chi connectivity index (χ2n) is 5.77. The molecular formula is C18H30F2N4O3. The largest absolute Gasteiger partial charge is 0.497 e. The van der Waals surface area contributed by atoms with Gasteiger partial charge in [-0.25, -0.2) is 4.99 Å². The van der Waals surface area contributed by atoms with Gasteiger partial charge in [-0.05, 0) is 32.2 Å². The molecule has 0 aromatic heterocycles. The molecule has 0 saturated heterocycles. The third-order valence-electron chi connectivity index (χ3n) is 3.70. The molecule has 0 amide bonds. The van der Waals surface area contributed by atoms with Crippen molar-refractivity contribution in [3.8, 4) is 11.5 Å². The highest BCUT2D eigenvalue weighted by molar-refractivity contribution is 5.79. The molecule has 0 unspecified atom stereocenters. The Morgan fingerprint density at radius 2 is 2.00 bits per heavy atom. The molecule has 1 rings (SSSR count). The van der Waals surface area contributed by atoms with Gasteiger partial charge >= 0.3 is 6.61 Å². The standard InChI is InChI=1S/C18H30F2N4O3/c1-5-21-18(22-8-9-24(2)10-11-25-3)23-13-14-12-15(26-4)6-7-16(14)27-17(19)20/h6-7,12,17H,5,8-11,13H2,1-4H3,(H2,21,22,23). The van der Waals surface area contributed by atoms with E-state index in [-0.39, 0.29) is 12.3 Å². The van der Waals surface area contributed by atoms with E-state index in [0.717, 1.165) is 13.1 Å². The second-order valence-corrected chi connectivity index (χ2v) is 5.77. The number of aliphatic imine (C=N–C) groups is 1. The van der Waals surface area contributed by atoms with Crippen LogP contribution in [0.2, 0.25) is 0 Å². The fourth-order valence-electron chi connectivity index (χ4n) is 2.25. The normalized spacial score (nSPS) is 11.8. The van der Waals surface area contributed by atoms with Crippen LogP contribution in [0.15, 0.2) is 23.2 Å². The van der Waals surface area contributed by atoms with Crippen molar-refractivity contribution in [3.05, 3.63) is 23.8 Å². The molecule has 0 aliphatic carbocycles. The highest BCUT2D eigenvalue weighted by atomic mass is 19.3. The van der Waals surface area contributed by atoms with Gasteiger partial charge in [-0.15, -0.1) is 0 Å². The summed E-state index contributed by atoms with van der Waals surface area (Å²) in [5.74, 6) is 1.24. The zero-order valence-corrected chi connectivity index (χ0v) is 16.4. The lowest BCUT2D eigenvalue weighted by atomic mass is 10.2. The molecule has 0 aliphatic heterocycles. The van der Waals surface area contributed by atoms with Crippen molar-refractivity contribution in [3.63, 3.8) is 0 Å². The summed E-state index contributed by atoms with van der Waals surface area (Å²) in [4.78, 5) is 6.59. The molecule has 0 heterocycles. The van der Waals surface area contributed by atoms with Gasteiger partial charge < -0.3 is 29.7 Å². The molecule has 9 heteroatoms. The number of halogens is 2. The van der Waals surface area contributed by atoms with Gasteiger partial charge in [0.1, 0.15) is 11.5 Å². The van der Waals surface area contributed by atoms with Crippen LogP contribution in [0.1, 0.15) is 12.5 Å². The van der Waals surface area contributed by atoms with Gasteiger partial charge in [0, 0.05) is 38.9 Å². The van der Waals surface area contributed by atoms with Crippen LogP contribution in [0.5, 0.6) is 11.5 Å². The number of nitrogens with zero attached hydrogens (tertiary/aromatic N) is 2. The highest BCUT2D eigenvalue weighted by Crippen LogP contribution is 2.26. The third-order valence-corrected chi connectivity index (χ3v) is 3.70. The summed E-state index contributed by atoms with van der Waals surface area (Å²) in [6.45, 7) is 2.93. The predicted octanol–water partition coefficient (Wildman–Crippen LogP) is 1.93. The molecule has 1 aromatic carbocycles. The van der Waals surface area contributed by atoms with Crippen molar-refractivity contribution in [2.24, 2.45) is 4.99 Å². The summed E-state index contributed by atoms with van der Waals surface area (Å²) < 4.78 is 40.0. The van der Waals surface area contributed by atoms with Crippen molar-refractivity contribution in [1.82, 2.24) is 15.5 Å². The number of nitrogens with one attached hydrogen (secondary N) is 2. The first-order valence-corrected chi connectivity index (χ1v) is 8.81. The molecule has 1 aromatic rings.